The molecule has 2 aromatic carbocycles. The zero-order valence-corrected chi connectivity index (χ0v) is 10.4. The number of hydrogen-bond acceptors (Lipinski definition) is 4. The number of nitrogen functional groups attached to an aromatic ring is 2. The highest BCUT2D eigenvalue weighted by Gasteiger charge is 2.33. The fourth-order valence-electron chi connectivity index (χ4n) is 2.54. The van der Waals surface area contributed by atoms with Crippen LogP contribution in [0.25, 0.3) is 0 Å². The van der Waals surface area contributed by atoms with Gasteiger partial charge >= 0.3 is 0 Å². The Balaban J connectivity index is 2.43. The van der Waals surface area contributed by atoms with E-state index in [4.69, 9.17) is 11.5 Å². The first-order valence-electron chi connectivity index (χ1n) is 5.89. The number of aryl methyl sites for hydroxylation is 1. The number of rotatable bonds is 0. The van der Waals surface area contributed by atoms with Crippen molar-refractivity contribution in [1.29, 1.82) is 0 Å². The smallest absolute Gasteiger partial charge is 0.196 e. The third-order valence-electron chi connectivity index (χ3n) is 3.47. The summed E-state index contributed by atoms with van der Waals surface area (Å²) in [5.41, 5.74) is 14.3. The fraction of sp³-hybridized carbons (Fsp3) is 0.0667. The van der Waals surface area contributed by atoms with Gasteiger partial charge in [-0.1, -0.05) is 24.3 Å². The van der Waals surface area contributed by atoms with Crippen LogP contribution in [0, 0.1) is 6.92 Å². The standard InChI is InChI=1S/C15H12N2O2/c1-7-6-10(16)13(17)12-11(7)14(18)8-4-2-3-5-9(8)15(12)19/h2-6H,16-17H2,1H3. The number of anilines is 2. The maximum absolute atomic E-state index is 12.5. The molecule has 0 spiro atoms. The van der Waals surface area contributed by atoms with Crippen LogP contribution >= 0.6 is 0 Å². The second-order valence-corrected chi connectivity index (χ2v) is 4.65. The van der Waals surface area contributed by atoms with Gasteiger partial charge in [0.15, 0.2) is 11.6 Å². The van der Waals surface area contributed by atoms with Gasteiger partial charge in [-0.25, -0.2) is 0 Å². The summed E-state index contributed by atoms with van der Waals surface area (Å²) >= 11 is 0. The van der Waals surface area contributed by atoms with Gasteiger partial charge < -0.3 is 11.5 Å². The average molecular weight is 252 g/mol. The summed E-state index contributed by atoms with van der Waals surface area (Å²) in [5, 5.41) is 0. The predicted molar refractivity (Wildman–Crippen MR) is 73.3 cm³/mol. The number of benzene rings is 2. The van der Waals surface area contributed by atoms with E-state index < -0.39 is 0 Å². The largest absolute Gasteiger partial charge is 0.397 e. The fourth-order valence-corrected chi connectivity index (χ4v) is 2.54. The summed E-state index contributed by atoms with van der Waals surface area (Å²) in [6, 6.07) is 8.39. The second-order valence-electron chi connectivity index (χ2n) is 4.65. The molecule has 0 atom stereocenters. The van der Waals surface area contributed by atoms with E-state index in [2.05, 4.69) is 0 Å². The molecule has 1 aliphatic carbocycles. The van der Waals surface area contributed by atoms with Gasteiger partial charge in [-0.15, -0.1) is 0 Å². The molecular formula is C15H12N2O2. The molecule has 3 rings (SSSR count). The monoisotopic (exact) mass is 252 g/mol. The van der Waals surface area contributed by atoms with Crippen LogP contribution in [-0.2, 0) is 0 Å². The number of nitrogens with two attached hydrogens (primary N) is 2. The van der Waals surface area contributed by atoms with Crippen LogP contribution in [0.15, 0.2) is 30.3 Å². The van der Waals surface area contributed by atoms with Crippen LogP contribution in [0.5, 0.6) is 0 Å². The molecule has 4 nitrogen and oxygen atoms in total. The molecule has 0 amide bonds. The van der Waals surface area contributed by atoms with E-state index in [0.717, 1.165) is 0 Å². The number of carbonyl (C=O) groups is 2. The summed E-state index contributed by atoms with van der Waals surface area (Å²) in [4.78, 5) is 25.0. The Morgan fingerprint density at radius 1 is 0.895 bits per heavy atom. The Kier molecular flexibility index (Phi) is 2.22. The Labute approximate surface area is 110 Å². The Bertz CT molecular complexity index is 748. The van der Waals surface area contributed by atoms with Gasteiger partial charge in [0.05, 0.1) is 16.9 Å². The molecule has 0 saturated heterocycles. The maximum Gasteiger partial charge on any atom is 0.196 e. The molecule has 0 aliphatic heterocycles. The molecule has 0 saturated carbocycles. The van der Waals surface area contributed by atoms with E-state index in [-0.39, 0.29) is 22.8 Å². The number of ketones is 2. The summed E-state index contributed by atoms with van der Waals surface area (Å²) < 4.78 is 0. The van der Waals surface area contributed by atoms with Crippen molar-refractivity contribution in [2.24, 2.45) is 0 Å². The van der Waals surface area contributed by atoms with Gasteiger partial charge in [-0.2, -0.15) is 0 Å². The zero-order valence-electron chi connectivity index (χ0n) is 10.4. The molecule has 0 aromatic heterocycles. The van der Waals surface area contributed by atoms with E-state index >= 15 is 0 Å². The summed E-state index contributed by atoms with van der Waals surface area (Å²) in [6.07, 6.45) is 0. The van der Waals surface area contributed by atoms with Crippen molar-refractivity contribution < 1.29 is 9.59 Å². The van der Waals surface area contributed by atoms with Crippen LogP contribution in [0.2, 0.25) is 0 Å². The number of hydrogen-bond donors (Lipinski definition) is 2. The highest BCUT2D eigenvalue weighted by molar-refractivity contribution is 6.31. The van der Waals surface area contributed by atoms with Crippen molar-refractivity contribution in [1.82, 2.24) is 0 Å². The van der Waals surface area contributed by atoms with Crippen LogP contribution < -0.4 is 11.5 Å². The van der Waals surface area contributed by atoms with Crippen LogP contribution in [0.1, 0.15) is 37.4 Å². The zero-order chi connectivity index (χ0) is 13.7. The van der Waals surface area contributed by atoms with Gasteiger partial charge in [-0.05, 0) is 18.6 Å². The van der Waals surface area contributed by atoms with E-state index in [9.17, 15) is 9.59 Å². The summed E-state index contributed by atoms with van der Waals surface area (Å²) in [5.74, 6) is -0.410. The molecule has 0 unspecified atom stereocenters. The topological polar surface area (TPSA) is 86.2 Å². The first kappa shape index (κ1) is 11.5. The van der Waals surface area contributed by atoms with Crippen molar-refractivity contribution in [3.05, 3.63) is 58.1 Å². The van der Waals surface area contributed by atoms with Crippen molar-refractivity contribution in [3.8, 4) is 0 Å². The number of fused-ring (bicyclic) bond motifs is 2. The van der Waals surface area contributed by atoms with Gasteiger partial charge in [0.2, 0.25) is 0 Å². The molecule has 4 N–H and O–H groups in total. The van der Waals surface area contributed by atoms with Crippen LogP contribution in [-0.4, -0.2) is 11.6 Å². The first-order chi connectivity index (χ1) is 9.02. The summed E-state index contributed by atoms with van der Waals surface area (Å²) in [7, 11) is 0. The molecule has 0 radical (unpaired) electrons. The van der Waals surface area contributed by atoms with E-state index in [0.29, 0.717) is 27.9 Å². The molecule has 2 aromatic rings. The van der Waals surface area contributed by atoms with E-state index in [1.54, 1.807) is 37.3 Å². The Hall–Kier alpha value is -2.62. The predicted octanol–water partition coefficient (Wildman–Crippen LogP) is 1.93. The average Bonchev–Trinajstić information content (AvgIpc) is 2.40. The van der Waals surface area contributed by atoms with Crippen molar-refractivity contribution >= 4 is 22.9 Å². The molecule has 1 aliphatic rings. The lowest BCUT2D eigenvalue weighted by molar-refractivity contribution is 0.0979. The van der Waals surface area contributed by atoms with Gasteiger partial charge in [-0.3, -0.25) is 9.59 Å². The molecule has 19 heavy (non-hydrogen) atoms. The highest BCUT2D eigenvalue weighted by Crippen LogP contribution is 2.35. The van der Waals surface area contributed by atoms with Crippen molar-refractivity contribution in [2.45, 2.75) is 6.92 Å². The molecule has 0 heterocycles. The molecule has 0 fully saturated rings. The summed E-state index contributed by atoms with van der Waals surface area (Å²) in [6.45, 7) is 1.76. The van der Waals surface area contributed by atoms with Crippen molar-refractivity contribution in [3.63, 3.8) is 0 Å². The third kappa shape index (κ3) is 1.40. The van der Waals surface area contributed by atoms with Gasteiger partial charge in [0.1, 0.15) is 0 Å². The second kappa shape index (κ2) is 3.68. The minimum atomic E-state index is -0.238. The lowest BCUT2D eigenvalue weighted by Gasteiger charge is -2.21. The normalized spacial score (nSPS) is 13.1. The third-order valence-corrected chi connectivity index (χ3v) is 3.47. The lowest BCUT2D eigenvalue weighted by Crippen LogP contribution is -2.24. The van der Waals surface area contributed by atoms with Crippen molar-refractivity contribution in [2.75, 3.05) is 11.5 Å². The highest BCUT2D eigenvalue weighted by atomic mass is 16.1. The van der Waals surface area contributed by atoms with E-state index in [1.807, 2.05) is 0 Å². The molecule has 0 bridgehead atoms. The Morgan fingerprint density at radius 3 is 2.00 bits per heavy atom. The van der Waals surface area contributed by atoms with E-state index in [1.165, 1.54) is 0 Å². The minimum absolute atomic E-state index is 0.172. The Morgan fingerprint density at radius 2 is 1.42 bits per heavy atom. The van der Waals surface area contributed by atoms with Crippen LogP contribution in [0.4, 0.5) is 11.4 Å². The SMILES string of the molecule is Cc1cc(N)c(N)c2c1C(=O)c1ccccc1C2=O. The number of carbonyl (C=O) groups excluding carboxylic acids is 2. The van der Waals surface area contributed by atoms with Gasteiger partial charge in [0.25, 0.3) is 0 Å². The lowest BCUT2D eigenvalue weighted by atomic mass is 9.81. The minimum Gasteiger partial charge on any atom is -0.397 e. The molecule has 94 valence electrons. The molecule has 4 heteroatoms. The molecular weight excluding hydrogens is 240 g/mol. The maximum atomic E-state index is 12.5. The quantitative estimate of drug-likeness (QED) is 0.598. The van der Waals surface area contributed by atoms with Crippen LogP contribution in [0.3, 0.4) is 0 Å². The van der Waals surface area contributed by atoms with Gasteiger partial charge in [0, 0.05) is 16.7 Å². The first-order valence-corrected chi connectivity index (χ1v) is 5.89.